The molecule has 0 amide bonds. The summed E-state index contributed by atoms with van der Waals surface area (Å²) in [5.41, 5.74) is 8.22. The van der Waals surface area contributed by atoms with Crippen molar-refractivity contribution in [2.24, 2.45) is 0 Å². The van der Waals surface area contributed by atoms with Crippen LogP contribution in [-0.2, 0) is 6.54 Å². The Labute approximate surface area is 127 Å². The van der Waals surface area contributed by atoms with Gasteiger partial charge in [-0.1, -0.05) is 29.8 Å². The number of anilines is 2. The van der Waals surface area contributed by atoms with Crippen molar-refractivity contribution in [2.45, 2.75) is 6.54 Å². The minimum atomic E-state index is 0.229. The van der Waals surface area contributed by atoms with Crippen LogP contribution < -0.4 is 10.6 Å². The van der Waals surface area contributed by atoms with Crippen LogP contribution in [0.3, 0.4) is 0 Å². The molecule has 2 aromatic heterocycles. The highest BCUT2D eigenvalue weighted by atomic mass is 35.5. The number of fused-ring (bicyclic) bond motifs is 1. The molecule has 0 spiro atoms. The van der Waals surface area contributed by atoms with Crippen LogP contribution >= 0.6 is 11.6 Å². The van der Waals surface area contributed by atoms with Crippen LogP contribution in [0.4, 0.5) is 11.8 Å². The third-order valence-corrected chi connectivity index (χ3v) is 3.55. The minimum absolute atomic E-state index is 0.229. The van der Waals surface area contributed by atoms with Crippen LogP contribution in [0.1, 0.15) is 5.56 Å². The summed E-state index contributed by atoms with van der Waals surface area (Å²) in [4.78, 5) is 14.8. The van der Waals surface area contributed by atoms with Gasteiger partial charge in [0.15, 0.2) is 17.0 Å². The van der Waals surface area contributed by atoms with Crippen molar-refractivity contribution in [3.8, 4) is 0 Å². The van der Waals surface area contributed by atoms with Gasteiger partial charge in [0.2, 0.25) is 5.95 Å². The second-order valence-electron chi connectivity index (χ2n) is 4.94. The fourth-order valence-corrected chi connectivity index (χ4v) is 2.38. The molecule has 0 unspecified atom stereocenters. The van der Waals surface area contributed by atoms with E-state index in [1.807, 2.05) is 47.8 Å². The van der Waals surface area contributed by atoms with E-state index in [-0.39, 0.29) is 5.95 Å². The molecule has 0 saturated heterocycles. The van der Waals surface area contributed by atoms with Crippen LogP contribution in [0, 0.1) is 0 Å². The van der Waals surface area contributed by atoms with Gasteiger partial charge in [0, 0.05) is 19.1 Å². The Balaban J connectivity index is 2.10. The zero-order valence-electron chi connectivity index (χ0n) is 11.8. The highest BCUT2D eigenvalue weighted by Gasteiger charge is 2.14. The first kappa shape index (κ1) is 13.6. The van der Waals surface area contributed by atoms with Crippen molar-refractivity contribution < 1.29 is 0 Å². The summed E-state index contributed by atoms with van der Waals surface area (Å²) in [6, 6.07) is 7.70. The van der Waals surface area contributed by atoms with Crippen LogP contribution in [0.2, 0.25) is 5.02 Å². The van der Waals surface area contributed by atoms with E-state index in [2.05, 4.69) is 15.0 Å². The molecule has 0 bridgehead atoms. The molecule has 7 heteroatoms. The van der Waals surface area contributed by atoms with Gasteiger partial charge in [-0.25, -0.2) is 4.98 Å². The molecule has 3 rings (SSSR count). The third-order valence-electron chi connectivity index (χ3n) is 3.18. The van der Waals surface area contributed by atoms with Crippen molar-refractivity contribution in [3.63, 3.8) is 0 Å². The number of nitrogens with two attached hydrogens (primary N) is 1. The first-order valence-corrected chi connectivity index (χ1v) is 6.83. The number of nitrogen functional groups attached to an aromatic ring is 1. The van der Waals surface area contributed by atoms with Crippen LogP contribution in [0.25, 0.3) is 11.2 Å². The normalized spacial score (nSPS) is 11.0. The average molecular weight is 303 g/mol. The number of halogens is 1. The van der Waals surface area contributed by atoms with E-state index < -0.39 is 0 Å². The fraction of sp³-hybridized carbons (Fsp3) is 0.214. The van der Waals surface area contributed by atoms with Gasteiger partial charge in [0.25, 0.3) is 0 Å². The van der Waals surface area contributed by atoms with Gasteiger partial charge in [0.05, 0.1) is 12.9 Å². The smallest absolute Gasteiger partial charge is 0.224 e. The highest BCUT2D eigenvalue weighted by molar-refractivity contribution is 6.31. The summed E-state index contributed by atoms with van der Waals surface area (Å²) < 4.78 is 1.92. The standard InChI is InChI=1S/C14H15ClN6/c1-20(2)12-11-13(19-14(16)18-12)21(8-17-11)7-9-5-3-4-6-10(9)15/h3-6,8H,7H2,1-2H3,(H2,16,18,19). The Morgan fingerprint density at radius 1 is 1.24 bits per heavy atom. The quantitative estimate of drug-likeness (QED) is 0.803. The second-order valence-corrected chi connectivity index (χ2v) is 5.34. The number of hydrogen-bond donors (Lipinski definition) is 1. The molecule has 0 radical (unpaired) electrons. The number of benzene rings is 1. The van der Waals surface area contributed by atoms with E-state index in [9.17, 15) is 0 Å². The first-order chi connectivity index (χ1) is 10.1. The zero-order valence-corrected chi connectivity index (χ0v) is 12.5. The summed E-state index contributed by atoms with van der Waals surface area (Å²) in [7, 11) is 3.79. The molecule has 0 aliphatic heterocycles. The van der Waals surface area contributed by atoms with Crippen molar-refractivity contribution in [1.82, 2.24) is 19.5 Å². The largest absolute Gasteiger partial charge is 0.368 e. The molecule has 2 N–H and O–H groups in total. The van der Waals surface area contributed by atoms with Crippen molar-refractivity contribution >= 4 is 34.5 Å². The van der Waals surface area contributed by atoms with Gasteiger partial charge < -0.3 is 15.2 Å². The lowest BCUT2D eigenvalue weighted by Gasteiger charge is -2.12. The summed E-state index contributed by atoms with van der Waals surface area (Å²) >= 11 is 6.21. The lowest BCUT2D eigenvalue weighted by molar-refractivity contribution is 0.814. The maximum atomic E-state index is 6.21. The molecular formula is C14H15ClN6. The molecule has 108 valence electrons. The van der Waals surface area contributed by atoms with Crippen molar-refractivity contribution in [3.05, 3.63) is 41.2 Å². The summed E-state index contributed by atoms with van der Waals surface area (Å²) in [6.45, 7) is 0.583. The number of aromatic nitrogens is 4. The molecule has 0 aliphatic carbocycles. The van der Waals surface area contributed by atoms with E-state index in [1.54, 1.807) is 6.33 Å². The first-order valence-electron chi connectivity index (χ1n) is 6.45. The van der Waals surface area contributed by atoms with E-state index in [0.29, 0.717) is 23.0 Å². The lowest BCUT2D eigenvalue weighted by atomic mass is 10.2. The highest BCUT2D eigenvalue weighted by Crippen LogP contribution is 2.23. The van der Waals surface area contributed by atoms with Gasteiger partial charge in [-0.2, -0.15) is 9.97 Å². The monoisotopic (exact) mass is 302 g/mol. The number of rotatable bonds is 3. The molecule has 0 fully saturated rings. The van der Waals surface area contributed by atoms with Gasteiger partial charge in [-0.15, -0.1) is 0 Å². The number of hydrogen-bond acceptors (Lipinski definition) is 5. The molecule has 0 atom stereocenters. The zero-order chi connectivity index (χ0) is 15.0. The van der Waals surface area contributed by atoms with Gasteiger partial charge in [-0.05, 0) is 11.6 Å². The lowest BCUT2D eigenvalue weighted by Crippen LogP contribution is -2.13. The van der Waals surface area contributed by atoms with Crippen LogP contribution in [-0.4, -0.2) is 33.6 Å². The van der Waals surface area contributed by atoms with Gasteiger partial charge in [-0.3, -0.25) is 0 Å². The number of nitrogens with zero attached hydrogens (tertiary/aromatic N) is 5. The Morgan fingerprint density at radius 2 is 2.00 bits per heavy atom. The Hall–Kier alpha value is -2.34. The molecule has 21 heavy (non-hydrogen) atoms. The average Bonchev–Trinajstić information content (AvgIpc) is 2.83. The number of imidazole rings is 1. The molecule has 2 heterocycles. The summed E-state index contributed by atoms with van der Waals surface area (Å²) in [5, 5.41) is 0.717. The van der Waals surface area contributed by atoms with Crippen molar-refractivity contribution in [1.29, 1.82) is 0 Å². The maximum absolute atomic E-state index is 6.21. The van der Waals surface area contributed by atoms with E-state index in [1.165, 1.54) is 0 Å². The Bertz CT molecular complexity index is 795. The topological polar surface area (TPSA) is 72.9 Å². The predicted octanol–water partition coefficient (Wildman–Crippen LogP) is 2.18. The van der Waals surface area contributed by atoms with Crippen molar-refractivity contribution in [2.75, 3.05) is 24.7 Å². The molecule has 0 saturated carbocycles. The molecule has 3 aromatic rings. The SMILES string of the molecule is CN(C)c1nc(N)nc2c1ncn2Cc1ccccc1Cl. The Kier molecular flexibility index (Phi) is 3.39. The van der Waals surface area contributed by atoms with E-state index >= 15 is 0 Å². The summed E-state index contributed by atoms with van der Waals surface area (Å²) in [6.07, 6.45) is 1.73. The van der Waals surface area contributed by atoms with E-state index in [0.717, 1.165) is 11.1 Å². The summed E-state index contributed by atoms with van der Waals surface area (Å²) in [5.74, 6) is 0.933. The molecule has 0 aliphatic rings. The predicted molar refractivity (Wildman–Crippen MR) is 84.6 cm³/mol. The van der Waals surface area contributed by atoms with Gasteiger partial charge >= 0.3 is 0 Å². The maximum Gasteiger partial charge on any atom is 0.224 e. The molecule has 6 nitrogen and oxygen atoms in total. The van der Waals surface area contributed by atoms with E-state index in [4.69, 9.17) is 17.3 Å². The third kappa shape index (κ3) is 2.50. The van der Waals surface area contributed by atoms with Crippen LogP contribution in [0.15, 0.2) is 30.6 Å². The Morgan fingerprint density at radius 3 is 2.71 bits per heavy atom. The fourth-order valence-electron chi connectivity index (χ4n) is 2.18. The molecule has 1 aromatic carbocycles. The minimum Gasteiger partial charge on any atom is -0.368 e. The second kappa shape index (κ2) is 5.21. The molecular weight excluding hydrogens is 288 g/mol. The van der Waals surface area contributed by atoms with Crippen LogP contribution in [0.5, 0.6) is 0 Å². The van der Waals surface area contributed by atoms with Gasteiger partial charge in [0.1, 0.15) is 0 Å².